The molecule has 8 heteroatoms. The minimum Gasteiger partial charge on any atom is -0.484 e. The molecule has 0 aliphatic rings. The Morgan fingerprint density at radius 3 is 2.71 bits per heavy atom. The fourth-order valence-corrected chi connectivity index (χ4v) is 3.49. The zero-order chi connectivity index (χ0) is 21.8. The van der Waals surface area contributed by atoms with E-state index in [9.17, 15) is 4.79 Å². The average Bonchev–Trinajstić information content (AvgIpc) is 3.36. The van der Waals surface area contributed by atoms with Gasteiger partial charge in [0.1, 0.15) is 18.1 Å². The van der Waals surface area contributed by atoms with Gasteiger partial charge in [0.2, 0.25) is 0 Å². The number of hydrogen-bond donors (Lipinski definition) is 1. The number of anilines is 1. The second-order valence-corrected chi connectivity index (χ2v) is 8.19. The van der Waals surface area contributed by atoms with Gasteiger partial charge in [-0.1, -0.05) is 35.9 Å². The molecule has 31 heavy (non-hydrogen) atoms. The highest BCUT2D eigenvalue weighted by Gasteiger charge is 2.15. The number of carbonyl (C=O) groups is 1. The molecule has 0 aliphatic heterocycles. The first-order chi connectivity index (χ1) is 15.0. The predicted octanol–water partition coefficient (Wildman–Crippen LogP) is 6.08. The molecule has 4 aromatic rings. The van der Waals surface area contributed by atoms with Crippen molar-refractivity contribution >= 4 is 39.3 Å². The second kappa shape index (κ2) is 9.41. The number of aromatic nitrogens is 2. The van der Waals surface area contributed by atoms with Crippen molar-refractivity contribution in [1.29, 1.82) is 0 Å². The molecule has 2 aromatic carbocycles. The minimum atomic E-state index is -0.372. The number of benzene rings is 2. The zero-order valence-corrected chi connectivity index (χ0v) is 19.0. The number of nitrogens with one attached hydrogen (secondary N) is 1. The summed E-state index contributed by atoms with van der Waals surface area (Å²) in [4.78, 5) is 12.6. The Morgan fingerprint density at radius 1 is 1.16 bits per heavy atom. The van der Waals surface area contributed by atoms with Crippen molar-refractivity contribution in [2.75, 3.05) is 5.32 Å². The molecule has 0 radical (unpaired) electrons. The third-order valence-electron chi connectivity index (χ3n) is 4.56. The lowest BCUT2D eigenvalue weighted by Crippen LogP contribution is -2.12. The highest BCUT2D eigenvalue weighted by atomic mass is 79.9. The first-order valence-corrected chi connectivity index (χ1v) is 10.7. The van der Waals surface area contributed by atoms with Gasteiger partial charge in [0.05, 0.1) is 11.0 Å². The van der Waals surface area contributed by atoms with E-state index in [4.69, 9.17) is 20.8 Å². The van der Waals surface area contributed by atoms with Gasteiger partial charge in [-0.2, -0.15) is 5.10 Å². The lowest BCUT2D eigenvalue weighted by Gasteiger charge is -2.06. The van der Waals surface area contributed by atoms with E-state index >= 15 is 0 Å². The molecule has 0 atom stereocenters. The van der Waals surface area contributed by atoms with Crippen LogP contribution in [-0.2, 0) is 13.2 Å². The number of para-hydroxylation sites is 1. The molecule has 0 unspecified atom stereocenters. The molecule has 0 saturated heterocycles. The SMILES string of the molecule is Cc1cc(NC(=O)c2ccc(COc3ccccc3Br)o2)nn1Cc1ccc(Cl)cc1. The maximum atomic E-state index is 12.6. The smallest absolute Gasteiger partial charge is 0.292 e. The summed E-state index contributed by atoms with van der Waals surface area (Å²) >= 11 is 9.37. The van der Waals surface area contributed by atoms with Crippen LogP contribution in [0.3, 0.4) is 0 Å². The van der Waals surface area contributed by atoms with Crippen molar-refractivity contribution in [2.24, 2.45) is 0 Å². The molecule has 1 N–H and O–H groups in total. The molecular weight excluding hydrogens is 482 g/mol. The fourth-order valence-electron chi connectivity index (χ4n) is 2.96. The molecule has 4 rings (SSSR count). The predicted molar refractivity (Wildman–Crippen MR) is 123 cm³/mol. The summed E-state index contributed by atoms with van der Waals surface area (Å²) in [5.74, 6) is 1.52. The minimum absolute atomic E-state index is 0.190. The molecule has 6 nitrogen and oxygen atoms in total. The number of ether oxygens (including phenoxy) is 1. The van der Waals surface area contributed by atoms with Crippen LogP contribution in [0.1, 0.15) is 27.6 Å². The van der Waals surface area contributed by atoms with Gasteiger partial charge in [-0.05, 0) is 64.8 Å². The molecule has 2 aromatic heterocycles. The van der Waals surface area contributed by atoms with Crippen LogP contribution < -0.4 is 10.1 Å². The number of rotatable bonds is 7. The number of aryl methyl sites for hydroxylation is 1. The number of furan rings is 1. The Hall–Kier alpha value is -3.03. The first-order valence-electron chi connectivity index (χ1n) is 9.54. The van der Waals surface area contributed by atoms with E-state index in [0.29, 0.717) is 28.9 Å². The van der Waals surface area contributed by atoms with Gasteiger partial charge in [-0.25, -0.2) is 0 Å². The van der Waals surface area contributed by atoms with Crippen LogP contribution in [0, 0.1) is 6.92 Å². The maximum absolute atomic E-state index is 12.6. The second-order valence-electron chi connectivity index (χ2n) is 6.89. The van der Waals surface area contributed by atoms with Crippen LogP contribution in [0.2, 0.25) is 5.02 Å². The maximum Gasteiger partial charge on any atom is 0.292 e. The number of halogens is 2. The van der Waals surface area contributed by atoms with Gasteiger partial charge in [-0.3, -0.25) is 9.48 Å². The van der Waals surface area contributed by atoms with Gasteiger partial charge in [-0.15, -0.1) is 0 Å². The van der Waals surface area contributed by atoms with E-state index in [1.807, 2.05) is 66.2 Å². The first kappa shape index (κ1) is 21.2. The Kier molecular flexibility index (Phi) is 6.44. The van der Waals surface area contributed by atoms with Gasteiger partial charge in [0.25, 0.3) is 5.91 Å². The van der Waals surface area contributed by atoms with E-state index in [-0.39, 0.29) is 18.3 Å². The average molecular weight is 501 g/mol. The Balaban J connectivity index is 1.37. The van der Waals surface area contributed by atoms with Crippen LogP contribution in [0.5, 0.6) is 5.75 Å². The normalized spacial score (nSPS) is 10.8. The Bertz CT molecular complexity index is 1200. The highest BCUT2D eigenvalue weighted by Crippen LogP contribution is 2.25. The summed E-state index contributed by atoms with van der Waals surface area (Å²) in [6.45, 7) is 2.73. The van der Waals surface area contributed by atoms with E-state index < -0.39 is 0 Å². The van der Waals surface area contributed by atoms with Crippen LogP contribution in [0.15, 0.2) is 75.6 Å². The van der Waals surface area contributed by atoms with Crippen LogP contribution in [0.4, 0.5) is 5.82 Å². The molecular formula is C23H19BrClN3O3. The summed E-state index contributed by atoms with van der Waals surface area (Å²) in [5, 5.41) is 7.93. The Labute approximate surface area is 192 Å². The third-order valence-corrected chi connectivity index (χ3v) is 5.47. The molecule has 0 saturated carbocycles. The topological polar surface area (TPSA) is 69.3 Å². The molecule has 0 spiro atoms. The van der Waals surface area contributed by atoms with Gasteiger partial charge in [0, 0.05) is 16.8 Å². The van der Waals surface area contributed by atoms with Gasteiger partial charge >= 0.3 is 0 Å². The lowest BCUT2D eigenvalue weighted by atomic mass is 10.2. The fraction of sp³-hybridized carbons (Fsp3) is 0.130. The summed E-state index contributed by atoms with van der Waals surface area (Å²) in [7, 11) is 0. The van der Waals surface area contributed by atoms with E-state index in [1.54, 1.807) is 12.1 Å². The van der Waals surface area contributed by atoms with Crippen LogP contribution in [0.25, 0.3) is 0 Å². The number of amides is 1. The van der Waals surface area contributed by atoms with Gasteiger partial charge in [0.15, 0.2) is 11.6 Å². The molecule has 0 aliphatic carbocycles. The lowest BCUT2D eigenvalue weighted by molar-refractivity contribution is 0.0992. The molecule has 1 amide bonds. The van der Waals surface area contributed by atoms with Gasteiger partial charge < -0.3 is 14.5 Å². The quantitative estimate of drug-likeness (QED) is 0.334. The number of nitrogens with zero attached hydrogens (tertiary/aromatic N) is 2. The third kappa shape index (κ3) is 5.37. The summed E-state index contributed by atoms with van der Waals surface area (Å²) < 4.78 is 14.0. The number of hydrogen-bond acceptors (Lipinski definition) is 4. The van der Waals surface area contributed by atoms with Crippen molar-refractivity contribution in [3.8, 4) is 5.75 Å². The Morgan fingerprint density at radius 2 is 1.94 bits per heavy atom. The highest BCUT2D eigenvalue weighted by molar-refractivity contribution is 9.10. The molecule has 0 fully saturated rings. The summed E-state index contributed by atoms with van der Waals surface area (Å²) in [6, 6.07) is 20.3. The van der Waals surface area contributed by atoms with E-state index in [0.717, 1.165) is 15.7 Å². The summed E-state index contributed by atoms with van der Waals surface area (Å²) in [5.41, 5.74) is 1.99. The monoisotopic (exact) mass is 499 g/mol. The van der Waals surface area contributed by atoms with Crippen molar-refractivity contribution in [1.82, 2.24) is 9.78 Å². The van der Waals surface area contributed by atoms with Crippen molar-refractivity contribution in [3.63, 3.8) is 0 Å². The van der Waals surface area contributed by atoms with Crippen LogP contribution >= 0.6 is 27.5 Å². The van der Waals surface area contributed by atoms with Crippen molar-refractivity contribution in [3.05, 3.63) is 99.0 Å². The summed E-state index contributed by atoms with van der Waals surface area (Å²) in [6.07, 6.45) is 0. The molecule has 2 heterocycles. The van der Waals surface area contributed by atoms with E-state index in [1.165, 1.54) is 0 Å². The number of carbonyl (C=O) groups excluding carboxylic acids is 1. The largest absolute Gasteiger partial charge is 0.484 e. The van der Waals surface area contributed by atoms with Crippen molar-refractivity contribution < 1.29 is 13.9 Å². The molecule has 0 bridgehead atoms. The standard InChI is InChI=1S/C23H19BrClN3O3/c1-15-12-22(27-28(15)13-16-6-8-17(25)9-7-16)26-23(29)21-11-10-18(31-21)14-30-20-5-3-2-4-19(20)24/h2-12H,13-14H2,1H3,(H,26,27,29). The van der Waals surface area contributed by atoms with E-state index in [2.05, 4.69) is 26.3 Å². The van der Waals surface area contributed by atoms with Crippen molar-refractivity contribution in [2.45, 2.75) is 20.1 Å². The zero-order valence-electron chi connectivity index (χ0n) is 16.6. The molecule has 158 valence electrons. The van der Waals surface area contributed by atoms with Crippen LogP contribution in [-0.4, -0.2) is 15.7 Å².